The summed E-state index contributed by atoms with van der Waals surface area (Å²) in [5.74, 6) is 1.56. The van der Waals surface area contributed by atoms with Crippen molar-refractivity contribution in [3.05, 3.63) is 35.0 Å². The fourth-order valence-corrected chi connectivity index (χ4v) is 1.94. The molecule has 1 aliphatic heterocycles. The van der Waals surface area contributed by atoms with E-state index in [1.807, 2.05) is 30.3 Å². The molecule has 1 aliphatic rings. The summed E-state index contributed by atoms with van der Waals surface area (Å²) >= 11 is 4.97. The molecule has 1 aromatic heterocycles. The molecule has 0 amide bonds. The van der Waals surface area contributed by atoms with E-state index in [1.54, 1.807) is 0 Å². The summed E-state index contributed by atoms with van der Waals surface area (Å²) in [4.78, 5) is 0. The van der Waals surface area contributed by atoms with Crippen LogP contribution in [0.4, 0.5) is 0 Å². The number of benzene rings is 1. The van der Waals surface area contributed by atoms with Gasteiger partial charge >= 0.3 is 0 Å². The van der Waals surface area contributed by atoms with Gasteiger partial charge in [-0.05, 0) is 30.3 Å². The number of rotatable bonds is 1. The zero-order chi connectivity index (χ0) is 12.4. The molecule has 0 fully saturated rings. The zero-order valence-electron chi connectivity index (χ0n) is 9.68. The summed E-state index contributed by atoms with van der Waals surface area (Å²) in [5.41, 5.74) is 1.81. The van der Waals surface area contributed by atoms with E-state index in [0.717, 1.165) is 29.2 Å². The summed E-state index contributed by atoms with van der Waals surface area (Å²) in [6.07, 6.45) is 0.903. The van der Waals surface area contributed by atoms with E-state index >= 15 is 0 Å². The number of nitrogens with zero attached hydrogens (tertiary/aromatic N) is 1. The Labute approximate surface area is 110 Å². The first-order valence-corrected chi connectivity index (χ1v) is 6.19. The van der Waals surface area contributed by atoms with Crippen LogP contribution in [0.1, 0.15) is 6.42 Å². The second-order valence-corrected chi connectivity index (χ2v) is 4.46. The van der Waals surface area contributed by atoms with E-state index in [1.165, 1.54) is 0 Å². The Bertz CT molecular complexity index is 604. The molecule has 0 unspecified atom stereocenters. The molecule has 0 atom stereocenters. The molecule has 92 valence electrons. The van der Waals surface area contributed by atoms with Crippen molar-refractivity contribution in [2.45, 2.75) is 6.42 Å². The Morgan fingerprint density at radius 3 is 2.67 bits per heavy atom. The first-order valence-electron chi connectivity index (χ1n) is 5.79. The van der Waals surface area contributed by atoms with E-state index in [9.17, 15) is 0 Å². The van der Waals surface area contributed by atoms with Gasteiger partial charge in [0.1, 0.15) is 4.64 Å². The predicted molar refractivity (Wildman–Crippen MR) is 70.5 cm³/mol. The molecule has 1 N–H and O–H groups in total. The van der Waals surface area contributed by atoms with Crippen molar-refractivity contribution >= 4 is 12.2 Å². The maximum Gasteiger partial charge on any atom is 0.161 e. The number of ether oxygens (including phenoxy) is 2. The Morgan fingerprint density at radius 2 is 1.89 bits per heavy atom. The van der Waals surface area contributed by atoms with Crippen LogP contribution in [-0.2, 0) is 0 Å². The lowest BCUT2D eigenvalue weighted by Crippen LogP contribution is -1.97. The first-order chi connectivity index (χ1) is 8.83. The minimum Gasteiger partial charge on any atom is -0.490 e. The van der Waals surface area contributed by atoms with E-state index < -0.39 is 0 Å². The van der Waals surface area contributed by atoms with Gasteiger partial charge in [0.2, 0.25) is 0 Å². The third kappa shape index (κ3) is 2.22. The second-order valence-electron chi connectivity index (χ2n) is 4.02. The molecule has 0 bridgehead atoms. The minimum absolute atomic E-state index is 0.619. The highest BCUT2D eigenvalue weighted by atomic mass is 32.1. The van der Waals surface area contributed by atoms with Crippen LogP contribution in [0.5, 0.6) is 11.5 Å². The molecule has 0 saturated heterocycles. The number of hydrogen-bond acceptors (Lipinski definition) is 4. The lowest BCUT2D eigenvalue weighted by atomic mass is 10.1. The van der Waals surface area contributed by atoms with E-state index in [4.69, 9.17) is 21.7 Å². The van der Waals surface area contributed by atoms with Gasteiger partial charge in [-0.1, -0.05) is 12.2 Å². The lowest BCUT2D eigenvalue weighted by Gasteiger charge is -2.08. The molecule has 2 heterocycles. The summed E-state index contributed by atoms with van der Waals surface area (Å²) in [6.45, 7) is 1.38. The van der Waals surface area contributed by atoms with Crippen molar-refractivity contribution in [2.24, 2.45) is 0 Å². The average molecular weight is 260 g/mol. The normalized spacial score (nSPS) is 14.0. The zero-order valence-corrected chi connectivity index (χ0v) is 10.5. The van der Waals surface area contributed by atoms with Gasteiger partial charge < -0.3 is 9.47 Å². The molecule has 3 rings (SSSR count). The van der Waals surface area contributed by atoms with Crippen molar-refractivity contribution < 1.29 is 9.47 Å². The van der Waals surface area contributed by atoms with Crippen LogP contribution in [0, 0.1) is 4.64 Å². The Morgan fingerprint density at radius 1 is 1.06 bits per heavy atom. The van der Waals surface area contributed by atoms with Gasteiger partial charge in [-0.25, -0.2) is 0 Å². The number of aromatic amines is 1. The fraction of sp³-hybridized carbons (Fsp3) is 0.231. The van der Waals surface area contributed by atoms with Gasteiger partial charge in [-0.2, -0.15) is 5.10 Å². The smallest absolute Gasteiger partial charge is 0.161 e. The average Bonchev–Trinajstić information content (AvgIpc) is 2.64. The summed E-state index contributed by atoms with van der Waals surface area (Å²) in [5, 5.41) is 6.98. The SMILES string of the molecule is S=c1ccc(-c2ccc3c(c2)OCCCO3)n[nH]1. The van der Waals surface area contributed by atoms with Crippen molar-refractivity contribution in [3.8, 4) is 22.8 Å². The Hall–Kier alpha value is -1.88. The number of fused-ring (bicyclic) bond motifs is 1. The molecule has 0 saturated carbocycles. The van der Waals surface area contributed by atoms with Gasteiger partial charge in [0.05, 0.1) is 18.9 Å². The lowest BCUT2D eigenvalue weighted by molar-refractivity contribution is 0.297. The molecule has 18 heavy (non-hydrogen) atoms. The highest BCUT2D eigenvalue weighted by Gasteiger charge is 2.11. The van der Waals surface area contributed by atoms with E-state index in [-0.39, 0.29) is 0 Å². The maximum absolute atomic E-state index is 5.65. The maximum atomic E-state index is 5.65. The third-order valence-electron chi connectivity index (χ3n) is 2.72. The number of hydrogen-bond donors (Lipinski definition) is 1. The number of H-pyrrole nitrogens is 1. The van der Waals surface area contributed by atoms with Crippen LogP contribution in [0.3, 0.4) is 0 Å². The van der Waals surface area contributed by atoms with Crippen molar-refractivity contribution in [3.63, 3.8) is 0 Å². The molecular weight excluding hydrogens is 248 g/mol. The van der Waals surface area contributed by atoms with Gasteiger partial charge in [0.15, 0.2) is 11.5 Å². The van der Waals surface area contributed by atoms with Gasteiger partial charge in [-0.3, -0.25) is 5.10 Å². The summed E-state index contributed by atoms with van der Waals surface area (Å²) < 4.78 is 11.9. The third-order valence-corrected chi connectivity index (χ3v) is 2.95. The van der Waals surface area contributed by atoms with Gasteiger partial charge in [0, 0.05) is 12.0 Å². The van der Waals surface area contributed by atoms with Gasteiger partial charge in [-0.15, -0.1) is 0 Å². The number of nitrogens with one attached hydrogen (secondary N) is 1. The minimum atomic E-state index is 0.619. The molecule has 2 aromatic rings. The Kier molecular flexibility index (Phi) is 2.98. The first kappa shape index (κ1) is 11.2. The highest BCUT2D eigenvalue weighted by Crippen LogP contribution is 2.33. The topological polar surface area (TPSA) is 47.1 Å². The molecule has 1 aromatic carbocycles. The van der Waals surface area contributed by atoms with Crippen LogP contribution in [-0.4, -0.2) is 23.4 Å². The molecule has 5 heteroatoms. The Balaban J connectivity index is 2.01. The van der Waals surface area contributed by atoms with E-state index in [0.29, 0.717) is 17.9 Å². The van der Waals surface area contributed by atoms with Crippen LogP contribution in [0.15, 0.2) is 30.3 Å². The molecule has 0 aliphatic carbocycles. The van der Waals surface area contributed by atoms with Gasteiger partial charge in [0.25, 0.3) is 0 Å². The van der Waals surface area contributed by atoms with Crippen molar-refractivity contribution in [1.29, 1.82) is 0 Å². The fourth-order valence-electron chi connectivity index (χ4n) is 1.83. The van der Waals surface area contributed by atoms with Crippen molar-refractivity contribution in [1.82, 2.24) is 10.2 Å². The number of aromatic nitrogens is 2. The molecule has 0 radical (unpaired) electrons. The van der Waals surface area contributed by atoms with Crippen LogP contribution >= 0.6 is 12.2 Å². The quantitative estimate of drug-likeness (QED) is 0.801. The highest BCUT2D eigenvalue weighted by molar-refractivity contribution is 7.71. The van der Waals surface area contributed by atoms with Crippen LogP contribution < -0.4 is 9.47 Å². The molecular formula is C13H12N2O2S. The largest absolute Gasteiger partial charge is 0.490 e. The van der Waals surface area contributed by atoms with Crippen LogP contribution in [0.25, 0.3) is 11.3 Å². The van der Waals surface area contributed by atoms with Crippen LogP contribution in [0.2, 0.25) is 0 Å². The molecule has 0 spiro atoms. The molecule has 4 nitrogen and oxygen atoms in total. The summed E-state index contributed by atoms with van der Waals surface area (Å²) in [6, 6.07) is 9.53. The van der Waals surface area contributed by atoms with E-state index in [2.05, 4.69) is 10.2 Å². The predicted octanol–water partition coefficient (Wildman–Crippen LogP) is 2.97. The monoisotopic (exact) mass is 260 g/mol. The standard InChI is InChI=1S/C13H12N2O2S/c18-13-5-3-10(14-15-13)9-2-4-11-12(8-9)17-7-1-6-16-11/h2-5,8H,1,6-7H2,(H,15,18). The summed E-state index contributed by atoms with van der Waals surface area (Å²) in [7, 11) is 0. The van der Waals surface area contributed by atoms with Crippen molar-refractivity contribution in [2.75, 3.05) is 13.2 Å². The second kappa shape index (κ2) is 4.78.